The first kappa shape index (κ1) is 14.8. The van der Waals surface area contributed by atoms with Crippen molar-refractivity contribution in [3.05, 3.63) is 23.8 Å². The van der Waals surface area contributed by atoms with Gasteiger partial charge in [-0.15, -0.1) is 0 Å². The molecule has 1 aliphatic heterocycles. The van der Waals surface area contributed by atoms with Crippen LogP contribution in [0, 0.1) is 0 Å². The van der Waals surface area contributed by atoms with E-state index < -0.39 is 11.9 Å². The van der Waals surface area contributed by atoms with Crippen molar-refractivity contribution >= 4 is 29.1 Å². The summed E-state index contributed by atoms with van der Waals surface area (Å²) in [6, 6.07) is 4.30. The first-order valence-electron chi connectivity index (χ1n) is 6.60. The number of nitrogens with two attached hydrogens (primary N) is 1. The number of carbonyl (C=O) groups is 3. The predicted molar refractivity (Wildman–Crippen MR) is 78.7 cm³/mol. The quantitative estimate of drug-likeness (QED) is 0.544. The highest BCUT2D eigenvalue weighted by Crippen LogP contribution is 2.23. The van der Waals surface area contributed by atoms with Gasteiger partial charge < -0.3 is 16.0 Å². The number of hydrogen-bond acceptors (Lipinski definition) is 5. The minimum Gasteiger partial charge on any atom is -0.399 e. The fourth-order valence-electron chi connectivity index (χ4n) is 2.13. The zero-order chi connectivity index (χ0) is 15.6. The van der Waals surface area contributed by atoms with Gasteiger partial charge in [0, 0.05) is 31.9 Å². The van der Waals surface area contributed by atoms with Gasteiger partial charge in [-0.1, -0.05) is 0 Å². The first-order valence-corrected chi connectivity index (χ1v) is 6.60. The van der Waals surface area contributed by atoms with Crippen molar-refractivity contribution in [2.75, 3.05) is 25.1 Å². The van der Waals surface area contributed by atoms with E-state index in [1.165, 1.54) is 4.90 Å². The van der Waals surface area contributed by atoms with Gasteiger partial charge in [0.2, 0.25) is 11.8 Å². The van der Waals surface area contributed by atoms with Gasteiger partial charge in [-0.3, -0.25) is 19.7 Å². The number of imide groups is 1. The average molecular weight is 290 g/mol. The van der Waals surface area contributed by atoms with E-state index in [1.807, 2.05) is 0 Å². The normalized spacial score (nSPS) is 18.1. The lowest BCUT2D eigenvalue weighted by molar-refractivity contribution is -0.133. The molecule has 7 heteroatoms. The number of nitrogen functional groups attached to an aromatic ring is 1. The van der Waals surface area contributed by atoms with E-state index in [9.17, 15) is 14.4 Å². The Morgan fingerprint density at radius 3 is 2.71 bits per heavy atom. The zero-order valence-corrected chi connectivity index (χ0v) is 12.0. The fourth-order valence-corrected chi connectivity index (χ4v) is 2.13. The Bertz CT molecular complexity index is 598. The summed E-state index contributed by atoms with van der Waals surface area (Å²) in [6.07, 6.45) is 0.651. The van der Waals surface area contributed by atoms with Gasteiger partial charge >= 0.3 is 0 Å². The number of amides is 3. The van der Waals surface area contributed by atoms with Crippen molar-refractivity contribution in [2.24, 2.45) is 0 Å². The summed E-state index contributed by atoms with van der Waals surface area (Å²) >= 11 is 0. The molecule has 0 saturated carbocycles. The summed E-state index contributed by atoms with van der Waals surface area (Å²) in [6.45, 7) is 0. The number of hydrogen-bond donors (Lipinski definition) is 3. The maximum absolute atomic E-state index is 12.1. The zero-order valence-electron chi connectivity index (χ0n) is 12.0. The lowest BCUT2D eigenvalue weighted by Gasteiger charge is -2.24. The molecule has 1 heterocycles. The molecule has 1 fully saturated rings. The molecule has 1 unspecified atom stereocenters. The molecule has 0 aromatic heterocycles. The molecule has 1 saturated heterocycles. The molecular formula is C14H18N4O3. The SMILES string of the molecule is CN(C)C(=O)c1ccc(N)cc1NC1CCC(=O)NC1=O. The largest absolute Gasteiger partial charge is 0.399 e. The van der Waals surface area contributed by atoms with Crippen molar-refractivity contribution in [3.63, 3.8) is 0 Å². The van der Waals surface area contributed by atoms with Gasteiger partial charge in [0.1, 0.15) is 6.04 Å². The second-order valence-corrected chi connectivity index (χ2v) is 5.15. The van der Waals surface area contributed by atoms with Gasteiger partial charge in [0.05, 0.1) is 5.56 Å². The molecule has 1 aliphatic rings. The number of nitrogens with one attached hydrogen (secondary N) is 2. The Labute approximate surface area is 122 Å². The summed E-state index contributed by atoms with van der Waals surface area (Å²) < 4.78 is 0. The van der Waals surface area contributed by atoms with Crippen LogP contribution in [-0.4, -0.2) is 42.8 Å². The minimum atomic E-state index is -0.557. The molecular weight excluding hydrogens is 272 g/mol. The highest BCUT2D eigenvalue weighted by Gasteiger charge is 2.27. The third kappa shape index (κ3) is 3.31. The molecule has 1 atom stereocenters. The molecule has 4 N–H and O–H groups in total. The van der Waals surface area contributed by atoms with Gasteiger partial charge in [-0.2, -0.15) is 0 Å². The van der Waals surface area contributed by atoms with Crippen molar-refractivity contribution in [2.45, 2.75) is 18.9 Å². The van der Waals surface area contributed by atoms with Gasteiger partial charge in [-0.25, -0.2) is 0 Å². The molecule has 0 radical (unpaired) electrons. The van der Waals surface area contributed by atoms with Crippen LogP contribution in [0.25, 0.3) is 0 Å². The van der Waals surface area contributed by atoms with E-state index in [0.717, 1.165) is 0 Å². The number of anilines is 2. The summed E-state index contributed by atoms with van der Waals surface area (Å²) in [5, 5.41) is 5.27. The van der Waals surface area contributed by atoms with Crippen molar-refractivity contribution in [3.8, 4) is 0 Å². The van der Waals surface area contributed by atoms with E-state index in [0.29, 0.717) is 23.4 Å². The number of benzene rings is 1. The summed E-state index contributed by atoms with van der Waals surface area (Å²) in [7, 11) is 3.29. The number of carbonyl (C=O) groups excluding carboxylic acids is 3. The first-order chi connectivity index (χ1) is 9.88. The molecule has 0 spiro atoms. The number of rotatable bonds is 3. The summed E-state index contributed by atoms with van der Waals surface area (Å²) in [5.74, 6) is -0.864. The van der Waals surface area contributed by atoms with Crippen LogP contribution >= 0.6 is 0 Å². The molecule has 112 valence electrons. The van der Waals surface area contributed by atoms with Crippen LogP contribution in [0.2, 0.25) is 0 Å². The Morgan fingerprint density at radius 1 is 1.38 bits per heavy atom. The van der Waals surface area contributed by atoms with Gasteiger partial charge in [0.25, 0.3) is 5.91 Å². The van der Waals surface area contributed by atoms with Crippen LogP contribution in [0.1, 0.15) is 23.2 Å². The third-order valence-corrected chi connectivity index (χ3v) is 3.25. The Balaban J connectivity index is 2.26. The molecule has 7 nitrogen and oxygen atoms in total. The second-order valence-electron chi connectivity index (χ2n) is 5.15. The van der Waals surface area contributed by atoms with Crippen molar-refractivity contribution in [1.82, 2.24) is 10.2 Å². The Hall–Kier alpha value is -2.57. The maximum atomic E-state index is 12.1. The van der Waals surface area contributed by atoms with Crippen LogP contribution in [0.3, 0.4) is 0 Å². The van der Waals surface area contributed by atoms with Crippen molar-refractivity contribution in [1.29, 1.82) is 0 Å². The Kier molecular flexibility index (Phi) is 4.11. The van der Waals surface area contributed by atoms with Crippen LogP contribution < -0.4 is 16.4 Å². The number of nitrogens with zero attached hydrogens (tertiary/aromatic N) is 1. The van der Waals surface area contributed by atoms with E-state index in [1.54, 1.807) is 32.3 Å². The standard InChI is InChI=1S/C14H18N4O3/c1-18(2)14(21)9-4-3-8(15)7-11(9)16-10-5-6-12(19)17-13(10)20/h3-4,7,10,16H,5-6,15H2,1-2H3,(H,17,19,20). The lowest BCUT2D eigenvalue weighted by Crippen LogP contribution is -2.47. The number of piperidine rings is 1. The predicted octanol–water partition coefficient (Wildman–Crippen LogP) is 0.188. The summed E-state index contributed by atoms with van der Waals surface area (Å²) in [5.41, 5.74) is 7.15. The second kappa shape index (κ2) is 5.82. The molecule has 0 bridgehead atoms. The minimum absolute atomic E-state index is 0.190. The monoisotopic (exact) mass is 290 g/mol. The summed E-state index contributed by atoms with van der Waals surface area (Å²) in [4.78, 5) is 36.5. The molecule has 0 aliphatic carbocycles. The van der Waals surface area contributed by atoms with Crippen LogP contribution in [0.4, 0.5) is 11.4 Å². The van der Waals surface area contributed by atoms with Crippen LogP contribution in [0.15, 0.2) is 18.2 Å². The van der Waals surface area contributed by atoms with Crippen LogP contribution in [-0.2, 0) is 9.59 Å². The fraction of sp³-hybridized carbons (Fsp3) is 0.357. The van der Waals surface area contributed by atoms with Crippen molar-refractivity contribution < 1.29 is 14.4 Å². The van der Waals surface area contributed by atoms with Gasteiger partial charge in [0.15, 0.2) is 0 Å². The molecule has 2 rings (SSSR count). The molecule has 21 heavy (non-hydrogen) atoms. The highest BCUT2D eigenvalue weighted by atomic mass is 16.2. The molecule has 1 aromatic carbocycles. The lowest BCUT2D eigenvalue weighted by atomic mass is 10.0. The van der Waals surface area contributed by atoms with E-state index in [4.69, 9.17) is 5.73 Å². The van der Waals surface area contributed by atoms with E-state index in [-0.39, 0.29) is 18.2 Å². The topological polar surface area (TPSA) is 105 Å². The molecule has 1 aromatic rings. The van der Waals surface area contributed by atoms with E-state index in [2.05, 4.69) is 10.6 Å². The van der Waals surface area contributed by atoms with E-state index >= 15 is 0 Å². The highest BCUT2D eigenvalue weighted by molar-refractivity contribution is 6.03. The smallest absolute Gasteiger partial charge is 0.255 e. The maximum Gasteiger partial charge on any atom is 0.255 e. The average Bonchev–Trinajstić information content (AvgIpc) is 2.41. The van der Waals surface area contributed by atoms with Crippen LogP contribution in [0.5, 0.6) is 0 Å². The third-order valence-electron chi connectivity index (χ3n) is 3.25. The Morgan fingerprint density at radius 2 is 2.10 bits per heavy atom. The van der Waals surface area contributed by atoms with Gasteiger partial charge in [-0.05, 0) is 24.6 Å². The molecule has 3 amide bonds.